The lowest BCUT2D eigenvalue weighted by Crippen LogP contribution is -2.07. The first-order valence-electron chi connectivity index (χ1n) is 6.54. The van der Waals surface area contributed by atoms with Crippen LogP contribution in [0.1, 0.15) is 25.5 Å². The van der Waals surface area contributed by atoms with Crippen LogP contribution >= 0.6 is 31.9 Å². The zero-order valence-corrected chi connectivity index (χ0v) is 14.7. The van der Waals surface area contributed by atoms with Crippen molar-refractivity contribution in [2.24, 2.45) is 0 Å². The van der Waals surface area contributed by atoms with Crippen molar-refractivity contribution >= 4 is 37.5 Å². The van der Waals surface area contributed by atoms with Crippen LogP contribution in [0.2, 0.25) is 0 Å². The number of rotatable bonds is 5. The Morgan fingerprint density at radius 2 is 1.80 bits per heavy atom. The van der Waals surface area contributed by atoms with Gasteiger partial charge in [-0.2, -0.15) is 0 Å². The van der Waals surface area contributed by atoms with Crippen molar-refractivity contribution in [3.63, 3.8) is 0 Å². The van der Waals surface area contributed by atoms with Crippen LogP contribution in [-0.4, -0.2) is 6.61 Å². The molecule has 106 valence electrons. The van der Waals surface area contributed by atoms with E-state index in [1.807, 2.05) is 31.2 Å². The highest BCUT2D eigenvalue weighted by molar-refractivity contribution is 9.11. The molecule has 1 unspecified atom stereocenters. The maximum atomic E-state index is 5.46. The van der Waals surface area contributed by atoms with E-state index in [4.69, 9.17) is 4.74 Å². The van der Waals surface area contributed by atoms with Crippen LogP contribution in [0.4, 0.5) is 5.69 Å². The van der Waals surface area contributed by atoms with Gasteiger partial charge >= 0.3 is 0 Å². The molecule has 0 aliphatic heterocycles. The molecule has 0 aliphatic carbocycles. The number of anilines is 1. The monoisotopic (exact) mass is 397 g/mol. The van der Waals surface area contributed by atoms with Crippen molar-refractivity contribution in [2.75, 3.05) is 11.9 Å². The number of ether oxygens (including phenoxy) is 1. The smallest absolute Gasteiger partial charge is 0.119 e. The van der Waals surface area contributed by atoms with E-state index in [9.17, 15) is 0 Å². The minimum Gasteiger partial charge on any atom is -0.494 e. The maximum absolute atomic E-state index is 5.46. The topological polar surface area (TPSA) is 21.3 Å². The Bertz CT molecular complexity index is 569. The molecule has 0 aromatic heterocycles. The zero-order chi connectivity index (χ0) is 14.5. The molecule has 0 spiro atoms. The third-order valence-corrected chi connectivity index (χ3v) is 4.18. The van der Waals surface area contributed by atoms with Crippen LogP contribution in [0, 0.1) is 0 Å². The zero-order valence-electron chi connectivity index (χ0n) is 11.5. The normalized spacial score (nSPS) is 12.0. The minimum atomic E-state index is 0.219. The molecule has 0 saturated heterocycles. The number of hydrogen-bond acceptors (Lipinski definition) is 2. The summed E-state index contributed by atoms with van der Waals surface area (Å²) in [4.78, 5) is 0. The molecule has 0 fully saturated rings. The van der Waals surface area contributed by atoms with Crippen molar-refractivity contribution < 1.29 is 4.74 Å². The molecule has 0 aliphatic rings. The van der Waals surface area contributed by atoms with Gasteiger partial charge in [0.1, 0.15) is 5.75 Å². The van der Waals surface area contributed by atoms with E-state index >= 15 is 0 Å². The van der Waals surface area contributed by atoms with Crippen LogP contribution in [-0.2, 0) is 0 Å². The Kier molecular flexibility index (Phi) is 5.49. The lowest BCUT2D eigenvalue weighted by atomic mass is 10.1. The van der Waals surface area contributed by atoms with Crippen molar-refractivity contribution in [1.29, 1.82) is 0 Å². The molecule has 2 aromatic rings. The van der Waals surface area contributed by atoms with Gasteiger partial charge in [-0.1, -0.05) is 28.1 Å². The summed E-state index contributed by atoms with van der Waals surface area (Å²) >= 11 is 7.05. The number of nitrogens with one attached hydrogen (secondary N) is 1. The fraction of sp³-hybridized carbons (Fsp3) is 0.250. The van der Waals surface area contributed by atoms with E-state index in [-0.39, 0.29) is 6.04 Å². The highest BCUT2D eigenvalue weighted by Gasteiger charge is 2.08. The van der Waals surface area contributed by atoms with E-state index in [1.54, 1.807) is 0 Å². The Hall–Kier alpha value is -1.00. The SMILES string of the molecule is CCOc1ccc(C(C)Nc2cc(Br)ccc2Br)cc1. The Morgan fingerprint density at radius 1 is 1.10 bits per heavy atom. The second-order valence-corrected chi connectivity index (χ2v) is 6.26. The fourth-order valence-electron chi connectivity index (χ4n) is 1.94. The summed E-state index contributed by atoms with van der Waals surface area (Å²) < 4.78 is 7.57. The van der Waals surface area contributed by atoms with E-state index in [2.05, 4.69) is 62.3 Å². The van der Waals surface area contributed by atoms with Gasteiger partial charge in [0.25, 0.3) is 0 Å². The molecular weight excluding hydrogens is 382 g/mol. The largest absolute Gasteiger partial charge is 0.494 e. The first-order chi connectivity index (χ1) is 9.60. The second-order valence-electron chi connectivity index (χ2n) is 4.49. The van der Waals surface area contributed by atoms with Crippen molar-refractivity contribution in [1.82, 2.24) is 0 Å². The fourth-order valence-corrected chi connectivity index (χ4v) is 2.67. The van der Waals surface area contributed by atoms with E-state index in [0.717, 1.165) is 20.4 Å². The molecule has 2 nitrogen and oxygen atoms in total. The highest BCUT2D eigenvalue weighted by atomic mass is 79.9. The summed E-state index contributed by atoms with van der Waals surface area (Å²) in [6.07, 6.45) is 0. The van der Waals surface area contributed by atoms with Gasteiger partial charge in [0.2, 0.25) is 0 Å². The predicted octanol–water partition coefficient (Wildman–Crippen LogP) is 5.78. The van der Waals surface area contributed by atoms with E-state index in [0.29, 0.717) is 6.61 Å². The summed E-state index contributed by atoms with van der Waals surface area (Å²) in [5, 5.41) is 3.50. The molecule has 0 heterocycles. The highest BCUT2D eigenvalue weighted by Crippen LogP contribution is 2.29. The quantitative estimate of drug-likeness (QED) is 0.688. The molecule has 0 saturated carbocycles. The summed E-state index contributed by atoms with van der Waals surface area (Å²) in [7, 11) is 0. The predicted molar refractivity (Wildman–Crippen MR) is 91.5 cm³/mol. The van der Waals surface area contributed by atoms with Crippen LogP contribution in [0.15, 0.2) is 51.4 Å². The van der Waals surface area contributed by atoms with Crippen LogP contribution < -0.4 is 10.1 Å². The number of benzene rings is 2. The van der Waals surface area contributed by atoms with E-state index in [1.165, 1.54) is 5.56 Å². The first-order valence-corrected chi connectivity index (χ1v) is 8.13. The summed E-state index contributed by atoms with van der Waals surface area (Å²) in [6, 6.07) is 14.5. The van der Waals surface area contributed by atoms with Gasteiger partial charge < -0.3 is 10.1 Å². The Labute approximate surface area is 136 Å². The molecule has 2 aromatic carbocycles. The molecule has 20 heavy (non-hydrogen) atoms. The maximum Gasteiger partial charge on any atom is 0.119 e. The lowest BCUT2D eigenvalue weighted by Gasteiger charge is -2.17. The molecule has 4 heteroatoms. The van der Waals surface area contributed by atoms with Crippen LogP contribution in [0.3, 0.4) is 0 Å². The third kappa shape index (κ3) is 4.00. The minimum absolute atomic E-state index is 0.219. The first kappa shape index (κ1) is 15.4. The molecule has 0 bridgehead atoms. The van der Waals surface area contributed by atoms with Gasteiger partial charge in [0.05, 0.1) is 12.3 Å². The van der Waals surface area contributed by atoms with Crippen molar-refractivity contribution in [3.8, 4) is 5.75 Å². The number of halogens is 2. The molecule has 0 amide bonds. The Morgan fingerprint density at radius 3 is 2.45 bits per heavy atom. The lowest BCUT2D eigenvalue weighted by molar-refractivity contribution is 0.340. The summed E-state index contributed by atoms with van der Waals surface area (Å²) in [6.45, 7) is 4.82. The van der Waals surface area contributed by atoms with Crippen LogP contribution in [0.5, 0.6) is 5.75 Å². The van der Waals surface area contributed by atoms with Gasteiger partial charge in [-0.15, -0.1) is 0 Å². The molecule has 1 N–H and O–H groups in total. The summed E-state index contributed by atoms with van der Waals surface area (Å²) in [5.74, 6) is 0.909. The van der Waals surface area contributed by atoms with Crippen molar-refractivity contribution in [3.05, 3.63) is 57.0 Å². The molecule has 2 rings (SSSR count). The molecule has 0 radical (unpaired) electrons. The van der Waals surface area contributed by atoms with E-state index < -0.39 is 0 Å². The van der Waals surface area contributed by atoms with Gasteiger partial charge in [-0.3, -0.25) is 0 Å². The summed E-state index contributed by atoms with van der Waals surface area (Å²) in [5.41, 5.74) is 2.29. The second kappa shape index (κ2) is 7.14. The van der Waals surface area contributed by atoms with Gasteiger partial charge in [0, 0.05) is 15.0 Å². The number of hydrogen-bond donors (Lipinski definition) is 1. The standard InChI is InChI=1S/C16H17Br2NO/c1-3-20-14-7-4-12(5-8-14)11(2)19-16-10-13(17)6-9-15(16)18/h4-11,19H,3H2,1-2H3. The average Bonchev–Trinajstić information content (AvgIpc) is 2.44. The molecular formula is C16H17Br2NO. The third-order valence-electron chi connectivity index (χ3n) is 2.99. The molecule has 1 atom stereocenters. The van der Waals surface area contributed by atoms with Crippen LogP contribution in [0.25, 0.3) is 0 Å². The average molecular weight is 399 g/mol. The Balaban J connectivity index is 2.11. The van der Waals surface area contributed by atoms with Crippen molar-refractivity contribution in [2.45, 2.75) is 19.9 Å². The van der Waals surface area contributed by atoms with Gasteiger partial charge in [0.15, 0.2) is 0 Å². The van der Waals surface area contributed by atoms with Gasteiger partial charge in [-0.25, -0.2) is 0 Å². The van der Waals surface area contributed by atoms with Gasteiger partial charge in [-0.05, 0) is 65.7 Å².